The molecule has 1 amide bonds. The Balaban J connectivity index is 1.86. The van der Waals surface area contributed by atoms with Crippen molar-refractivity contribution in [2.24, 2.45) is 5.92 Å². The number of hydrogen-bond donors (Lipinski definition) is 1. The highest BCUT2D eigenvalue weighted by Crippen LogP contribution is 2.20. The van der Waals surface area contributed by atoms with Gasteiger partial charge in [-0.15, -0.1) is 0 Å². The van der Waals surface area contributed by atoms with Crippen molar-refractivity contribution in [2.45, 2.75) is 46.1 Å². The number of rotatable bonds is 6. The molecule has 24 heavy (non-hydrogen) atoms. The summed E-state index contributed by atoms with van der Waals surface area (Å²) in [5, 5.41) is 3.29. The number of nitrogens with zero attached hydrogens (tertiary/aromatic N) is 1. The summed E-state index contributed by atoms with van der Waals surface area (Å²) in [6.07, 6.45) is 2.34. The fourth-order valence-corrected chi connectivity index (χ4v) is 3.06. The highest BCUT2D eigenvalue weighted by Gasteiger charge is 2.29. The summed E-state index contributed by atoms with van der Waals surface area (Å²) >= 11 is 0. The maximum absolute atomic E-state index is 12.6. The molecule has 1 fully saturated rings. The van der Waals surface area contributed by atoms with Crippen LogP contribution in [0.4, 0.5) is 5.69 Å². The van der Waals surface area contributed by atoms with E-state index in [4.69, 9.17) is 4.74 Å². The zero-order chi connectivity index (χ0) is 17.5. The lowest BCUT2D eigenvalue weighted by Gasteiger charge is -2.33. The number of anilines is 1. The Morgan fingerprint density at radius 3 is 2.62 bits per heavy atom. The number of esters is 1. The van der Waals surface area contributed by atoms with Gasteiger partial charge in [0.15, 0.2) is 0 Å². The number of hydrogen-bond acceptors (Lipinski definition) is 4. The number of piperidine rings is 1. The van der Waals surface area contributed by atoms with Gasteiger partial charge >= 0.3 is 5.97 Å². The van der Waals surface area contributed by atoms with Crippen molar-refractivity contribution < 1.29 is 14.3 Å². The van der Waals surface area contributed by atoms with E-state index < -0.39 is 0 Å². The standard InChI is InChI=1S/C19H28N2O3/c1-4-15-7-6-8-17(13-15)20-14(3)18(22)21-11-9-16(10-12-21)19(23)24-5-2/h6-8,13-14,16,20H,4-5,9-12H2,1-3H3. The zero-order valence-corrected chi connectivity index (χ0v) is 14.9. The molecule has 2 rings (SSSR count). The third-order valence-corrected chi connectivity index (χ3v) is 4.52. The summed E-state index contributed by atoms with van der Waals surface area (Å²) in [5.41, 5.74) is 2.21. The van der Waals surface area contributed by atoms with E-state index in [0.717, 1.165) is 12.1 Å². The molecule has 1 aromatic carbocycles. The van der Waals surface area contributed by atoms with Crippen molar-refractivity contribution in [3.63, 3.8) is 0 Å². The Labute approximate surface area is 144 Å². The quantitative estimate of drug-likeness (QED) is 0.814. The van der Waals surface area contributed by atoms with E-state index in [2.05, 4.69) is 24.4 Å². The molecular weight excluding hydrogens is 304 g/mol. The van der Waals surface area contributed by atoms with Crippen molar-refractivity contribution in [1.29, 1.82) is 0 Å². The second-order valence-corrected chi connectivity index (χ2v) is 6.27. The SMILES string of the molecule is CCOC(=O)C1CCN(C(=O)C(C)Nc2cccc(CC)c2)CC1. The number of amides is 1. The van der Waals surface area contributed by atoms with Crippen molar-refractivity contribution >= 4 is 17.6 Å². The van der Waals surface area contributed by atoms with E-state index in [1.807, 2.05) is 30.9 Å². The number of benzene rings is 1. The van der Waals surface area contributed by atoms with Gasteiger partial charge in [-0.3, -0.25) is 9.59 Å². The topological polar surface area (TPSA) is 58.6 Å². The van der Waals surface area contributed by atoms with Gasteiger partial charge in [0.2, 0.25) is 5.91 Å². The van der Waals surface area contributed by atoms with Crippen LogP contribution in [0, 0.1) is 5.92 Å². The van der Waals surface area contributed by atoms with Crippen molar-refractivity contribution in [2.75, 3.05) is 25.0 Å². The molecule has 0 bridgehead atoms. The second kappa shape index (κ2) is 8.71. The molecule has 1 heterocycles. The van der Waals surface area contributed by atoms with E-state index in [-0.39, 0.29) is 23.8 Å². The first kappa shape index (κ1) is 18.3. The zero-order valence-electron chi connectivity index (χ0n) is 14.9. The van der Waals surface area contributed by atoms with E-state index >= 15 is 0 Å². The van der Waals surface area contributed by atoms with Gasteiger partial charge in [0.25, 0.3) is 0 Å². The first-order chi connectivity index (χ1) is 11.5. The minimum atomic E-state index is -0.281. The third kappa shape index (κ3) is 4.73. The largest absolute Gasteiger partial charge is 0.466 e. The van der Waals surface area contributed by atoms with E-state index in [1.165, 1.54) is 5.56 Å². The minimum Gasteiger partial charge on any atom is -0.466 e. The molecular formula is C19H28N2O3. The fourth-order valence-electron chi connectivity index (χ4n) is 3.06. The van der Waals surface area contributed by atoms with Crippen LogP contribution in [0.2, 0.25) is 0 Å². The highest BCUT2D eigenvalue weighted by atomic mass is 16.5. The van der Waals surface area contributed by atoms with Crippen LogP contribution in [-0.4, -0.2) is 42.5 Å². The molecule has 132 valence electrons. The molecule has 0 spiro atoms. The molecule has 0 saturated carbocycles. The first-order valence-electron chi connectivity index (χ1n) is 8.86. The van der Waals surface area contributed by atoms with Gasteiger partial charge in [0.1, 0.15) is 6.04 Å². The van der Waals surface area contributed by atoms with Crippen molar-refractivity contribution in [3.05, 3.63) is 29.8 Å². The van der Waals surface area contributed by atoms with Crippen molar-refractivity contribution in [1.82, 2.24) is 4.90 Å². The Bertz CT molecular complexity index is 565. The van der Waals surface area contributed by atoms with E-state index in [9.17, 15) is 9.59 Å². The monoisotopic (exact) mass is 332 g/mol. The third-order valence-electron chi connectivity index (χ3n) is 4.52. The van der Waals surface area contributed by atoms with Crippen molar-refractivity contribution in [3.8, 4) is 0 Å². The normalized spacial score (nSPS) is 16.5. The number of ether oxygens (including phenoxy) is 1. The number of carbonyl (C=O) groups excluding carboxylic acids is 2. The van der Waals surface area contributed by atoms with Crippen LogP contribution in [0.25, 0.3) is 0 Å². The smallest absolute Gasteiger partial charge is 0.309 e. The summed E-state index contributed by atoms with van der Waals surface area (Å²) in [7, 11) is 0. The van der Waals surface area contributed by atoms with Gasteiger partial charge < -0.3 is 15.0 Å². The average molecular weight is 332 g/mol. The predicted molar refractivity (Wildman–Crippen MR) is 94.8 cm³/mol. The lowest BCUT2D eigenvalue weighted by atomic mass is 9.96. The first-order valence-corrected chi connectivity index (χ1v) is 8.86. The number of carbonyl (C=O) groups is 2. The van der Waals surface area contributed by atoms with Gasteiger partial charge in [0.05, 0.1) is 12.5 Å². The molecule has 1 unspecified atom stereocenters. The average Bonchev–Trinajstić information content (AvgIpc) is 2.61. The maximum atomic E-state index is 12.6. The Morgan fingerprint density at radius 1 is 1.29 bits per heavy atom. The highest BCUT2D eigenvalue weighted by molar-refractivity contribution is 5.84. The fraction of sp³-hybridized carbons (Fsp3) is 0.579. The molecule has 1 aliphatic heterocycles. The molecule has 1 N–H and O–H groups in total. The Hall–Kier alpha value is -2.04. The second-order valence-electron chi connectivity index (χ2n) is 6.27. The lowest BCUT2D eigenvalue weighted by molar-refractivity contribution is -0.151. The van der Waals surface area contributed by atoms with Crippen LogP contribution in [0.1, 0.15) is 39.2 Å². The number of likely N-dealkylation sites (tertiary alicyclic amines) is 1. The van der Waals surface area contributed by atoms with E-state index in [0.29, 0.717) is 32.5 Å². The van der Waals surface area contributed by atoms with Crippen LogP contribution in [-0.2, 0) is 20.7 Å². The number of nitrogens with one attached hydrogen (secondary N) is 1. The van der Waals surface area contributed by atoms with Gasteiger partial charge in [-0.2, -0.15) is 0 Å². The predicted octanol–water partition coefficient (Wildman–Crippen LogP) is 2.85. The summed E-state index contributed by atoms with van der Waals surface area (Å²) in [5.74, 6) is -0.120. The summed E-state index contributed by atoms with van der Waals surface area (Å²) in [4.78, 5) is 26.2. The van der Waals surface area contributed by atoms with Gasteiger partial charge in [-0.1, -0.05) is 19.1 Å². The van der Waals surface area contributed by atoms with Gasteiger partial charge in [0, 0.05) is 18.8 Å². The van der Waals surface area contributed by atoms with Crippen LogP contribution < -0.4 is 5.32 Å². The maximum Gasteiger partial charge on any atom is 0.309 e. The molecule has 1 atom stereocenters. The minimum absolute atomic E-state index is 0.0708. The van der Waals surface area contributed by atoms with Crippen LogP contribution in [0.15, 0.2) is 24.3 Å². The Morgan fingerprint density at radius 2 is 2.00 bits per heavy atom. The Kier molecular flexibility index (Phi) is 6.64. The summed E-state index contributed by atoms with van der Waals surface area (Å²) in [6.45, 7) is 7.46. The van der Waals surface area contributed by atoms with Gasteiger partial charge in [-0.25, -0.2) is 0 Å². The summed E-state index contributed by atoms with van der Waals surface area (Å²) < 4.78 is 5.07. The van der Waals surface area contributed by atoms with Crippen LogP contribution in [0.3, 0.4) is 0 Å². The molecule has 1 aromatic rings. The van der Waals surface area contributed by atoms with E-state index in [1.54, 1.807) is 0 Å². The number of aryl methyl sites for hydroxylation is 1. The molecule has 5 nitrogen and oxygen atoms in total. The molecule has 0 aromatic heterocycles. The molecule has 1 saturated heterocycles. The lowest BCUT2D eigenvalue weighted by Crippen LogP contribution is -2.46. The molecule has 1 aliphatic rings. The van der Waals surface area contributed by atoms with Crippen LogP contribution >= 0.6 is 0 Å². The van der Waals surface area contributed by atoms with Crippen LogP contribution in [0.5, 0.6) is 0 Å². The van der Waals surface area contributed by atoms with Gasteiger partial charge in [-0.05, 0) is 50.8 Å². The molecule has 0 radical (unpaired) electrons. The molecule has 5 heteroatoms. The molecule has 0 aliphatic carbocycles. The summed E-state index contributed by atoms with van der Waals surface area (Å²) in [6, 6.07) is 7.87.